The van der Waals surface area contributed by atoms with Crippen molar-refractivity contribution in [3.63, 3.8) is 0 Å². The van der Waals surface area contributed by atoms with Gasteiger partial charge in [0, 0.05) is 12.1 Å². The summed E-state index contributed by atoms with van der Waals surface area (Å²) >= 11 is 0. The van der Waals surface area contributed by atoms with Crippen molar-refractivity contribution >= 4 is 23.0 Å². The highest BCUT2D eigenvalue weighted by Gasteiger charge is 2.29. The lowest BCUT2D eigenvalue weighted by Gasteiger charge is -2.29. The van der Waals surface area contributed by atoms with Crippen LogP contribution in [0.5, 0.6) is 11.5 Å². The van der Waals surface area contributed by atoms with Gasteiger partial charge in [-0.1, -0.05) is 79.2 Å². The molecule has 2 N–H and O–H groups in total. The maximum Gasteiger partial charge on any atom is 0.257 e. The summed E-state index contributed by atoms with van der Waals surface area (Å²) in [5.74, 6) is 1.61. The number of hydrogen-bond donors (Lipinski definition) is 2. The first-order valence-electron chi connectivity index (χ1n) is 12.5. The third-order valence-electron chi connectivity index (χ3n) is 6.95. The first kappa shape index (κ1) is 22.2. The summed E-state index contributed by atoms with van der Waals surface area (Å²) in [6, 6.07) is 29.8. The van der Waals surface area contributed by atoms with E-state index in [-0.39, 0.29) is 5.91 Å². The summed E-state index contributed by atoms with van der Waals surface area (Å²) < 4.78 is 12.5. The maximum atomic E-state index is 13.3. The van der Waals surface area contributed by atoms with Crippen molar-refractivity contribution in [2.24, 2.45) is 0 Å². The molecule has 5 nitrogen and oxygen atoms in total. The van der Waals surface area contributed by atoms with Gasteiger partial charge >= 0.3 is 0 Å². The molecule has 0 spiro atoms. The molecule has 36 heavy (non-hydrogen) atoms. The second kappa shape index (κ2) is 9.78. The molecule has 0 saturated heterocycles. The fourth-order valence-corrected chi connectivity index (χ4v) is 4.76. The molecule has 5 heteroatoms. The van der Waals surface area contributed by atoms with Crippen molar-refractivity contribution in [2.75, 3.05) is 10.6 Å². The minimum atomic E-state index is -0.133. The summed E-state index contributed by atoms with van der Waals surface area (Å²) in [5, 5.41) is 6.69. The second-order valence-corrected chi connectivity index (χ2v) is 9.37. The molecule has 1 amide bonds. The van der Waals surface area contributed by atoms with E-state index in [2.05, 4.69) is 16.7 Å². The van der Waals surface area contributed by atoms with E-state index in [4.69, 9.17) is 9.47 Å². The number of carbonyl (C=O) groups excluding carboxylic acids is 1. The topological polar surface area (TPSA) is 59.6 Å². The molecule has 1 fully saturated rings. The van der Waals surface area contributed by atoms with Gasteiger partial charge in [0.05, 0.1) is 16.9 Å². The Labute approximate surface area is 211 Å². The minimum absolute atomic E-state index is 0.133. The van der Waals surface area contributed by atoms with Crippen LogP contribution in [-0.4, -0.2) is 5.91 Å². The van der Waals surface area contributed by atoms with Crippen molar-refractivity contribution in [1.82, 2.24) is 0 Å². The Morgan fingerprint density at radius 1 is 0.722 bits per heavy atom. The third kappa shape index (κ3) is 4.52. The molecular formula is C31H28N2O3. The van der Waals surface area contributed by atoms with Crippen molar-refractivity contribution in [3.05, 3.63) is 113 Å². The van der Waals surface area contributed by atoms with Crippen LogP contribution in [0.15, 0.2) is 91.0 Å². The van der Waals surface area contributed by atoms with E-state index in [1.54, 1.807) is 0 Å². The van der Waals surface area contributed by atoms with E-state index in [0.717, 1.165) is 35.3 Å². The first-order chi connectivity index (χ1) is 17.7. The molecule has 1 aliphatic carbocycles. The van der Waals surface area contributed by atoms with E-state index >= 15 is 0 Å². The zero-order valence-electron chi connectivity index (χ0n) is 20.0. The minimum Gasteiger partial charge on any atom is -0.489 e. The third-order valence-corrected chi connectivity index (χ3v) is 6.95. The molecule has 180 valence electrons. The van der Waals surface area contributed by atoms with E-state index in [1.165, 1.54) is 12.0 Å². The molecule has 2 aliphatic rings. The van der Waals surface area contributed by atoms with Crippen molar-refractivity contribution in [3.8, 4) is 11.5 Å². The van der Waals surface area contributed by atoms with Crippen LogP contribution in [-0.2, 0) is 13.2 Å². The van der Waals surface area contributed by atoms with Crippen LogP contribution < -0.4 is 20.1 Å². The fraction of sp³-hybridized carbons (Fsp3) is 0.194. The van der Waals surface area contributed by atoms with Crippen LogP contribution in [0.1, 0.15) is 52.2 Å². The van der Waals surface area contributed by atoms with Gasteiger partial charge in [-0.3, -0.25) is 4.79 Å². The highest BCUT2D eigenvalue weighted by atomic mass is 16.5. The average Bonchev–Trinajstić information content (AvgIpc) is 3.03. The number of fused-ring (bicyclic) bond motifs is 2. The van der Waals surface area contributed by atoms with E-state index in [9.17, 15) is 4.79 Å². The Bertz CT molecular complexity index is 1380. The molecule has 1 saturated carbocycles. The lowest BCUT2D eigenvalue weighted by molar-refractivity contribution is 0.102. The lowest BCUT2D eigenvalue weighted by atomic mass is 9.78. The van der Waals surface area contributed by atoms with Gasteiger partial charge in [0.15, 0.2) is 0 Å². The number of hydrogen-bond acceptors (Lipinski definition) is 4. The fourth-order valence-electron chi connectivity index (χ4n) is 4.76. The molecule has 0 radical (unpaired) electrons. The number of rotatable bonds is 7. The number of carbonyl (C=O) groups is 1. The Balaban J connectivity index is 1.37. The molecule has 4 aromatic rings. The number of amides is 1. The van der Waals surface area contributed by atoms with Gasteiger partial charge in [0.1, 0.15) is 30.4 Å². The van der Waals surface area contributed by atoms with Gasteiger partial charge in [-0.25, -0.2) is 0 Å². The average molecular weight is 477 g/mol. The van der Waals surface area contributed by atoms with Crippen molar-refractivity contribution in [2.45, 2.75) is 38.4 Å². The number of benzene rings is 4. The van der Waals surface area contributed by atoms with Crippen molar-refractivity contribution < 1.29 is 14.3 Å². The Kier molecular flexibility index (Phi) is 6.04. The normalized spacial score (nSPS) is 14.4. The van der Waals surface area contributed by atoms with Crippen LogP contribution in [0.25, 0.3) is 0 Å². The van der Waals surface area contributed by atoms with Gasteiger partial charge in [0.25, 0.3) is 5.91 Å². The monoisotopic (exact) mass is 476 g/mol. The zero-order valence-corrected chi connectivity index (χ0v) is 20.0. The largest absolute Gasteiger partial charge is 0.489 e. The Morgan fingerprint density at radius 2 is 1.42 bits per heavy atom. The van der Waals surface area contributed by atoms with Crippen LogP contribution >= 0.6 is 0 Å². The highest BCUT2D eigenvalue weighted by molar-refractivity contribution is 6.13. The molecule has 0 unspecified atom stereocenters. The Morgan fingerprint density at radius 3 is 2.08 bits per heavy atom. The maximum absolute atomic E-state index is 13.3. The molecule has 0 atom stereocenters. The summed E-state index contributed by atoms with van der Waals surface area (Å²) in [5.41, 5.74) is 6.24. The van der Waals surface area contributed by atoms with Crippen LogP contribution in [0.2, 0.25) is 0 Å². The summed E-state index contributed by atoms with van der Waals surface area (Å²) in [6.45, 7) is 0.827. The van der Waals surface area contributed by atoms with Crippen LogP contribution in [0.3, 0.4) is 0 Å². The first-order valence-corrected chi connectivity index (χ1v) is 12.5. The molecule has 4 aromatic carbocycles. The van der Waals surface area contributed by atoms with Gasteiger partial charge in [-0.05, 0) is 41.5 Å². The molecule has 0 aromatic heterocycles. The SMILES string of the molecule is O=C1Nc2cc(OCc3ccccc3)cc(OCc3ccccc3)c2Nc2c1cccc2C1CCC1. The quantitative estimate of drug-likeness (QED) is 0.291. The summed E-state index contributed by atoms with van der Waals surface area (Å²) in [6.07, 6.45) is 3.52. The molecule has 6 rings (SSSR count). The molecule has 0 bridgehead atoms. The zero-order chi connectivity index (χ0) is 24.3. The Hall–Kier alpha value is -4.25. The molecular weight excluding hydrogens is 448 g/mol. The van der Waals surface area contributed by atoms with E-state index < -0.39 is 0 Å². The number of para-hydroxylation sites is 1. The molecule has 1 aliphatic heterocycles. The van der Waals surface area contributed by atoms with Crippen LogP contribution in [0.4, 0.5) is 17.1 Å². The summed E-state index contributed by atoms with van der Waals surface area (Å²) in [7, 11) is 0. The van der Waals surface area contributed by atoms with Gasteiger partial charge in [-0.15, -0.1) is 0 Å². The smallest absolute Gasteiger partial charge is 0.257 e. The predicted octanol–water partition coefficient (Wildman–Crippen LogP) is 7.42. The van der Waals surface area contributed by atoms with Gasteiger partial charge in [0.2, 0.25) is 0 Å². The lowest BCUT2D eigenvalue weighted by Crippen LogP contribution is -2.14. The van der Waals surface area contributed by atoms with Gasteiger partial charge in [-0.2, -0.15) is 0 Å². The van der Waals surface area contributed by atoms with E-state index in [0.29, 0.717) is 41.9 Å². The summed E-state index contributed by atoms with van der Waals surface area (Å²) in [4.78, 5) is 13.3. The highest BCUT2D eigenvalue weighted by Crippen LogP contribution is 2.47. The number of ether oxygens (including phenoxy) is 2. The number of nitrogens with one attached hydrogen (secondary N) is 2. The molecule has 1 heterocycles. The van der Waals surface area contributed by atoms with Gasteiger partial charge < -0.3 is 20.1 Å². The van der Waals surface area contributed by atoms with Crippen molar-refractivity contribution in [1.29, 1.82) is 0 Å². The van der Waals surface area contributed by atoms with E-state index in [1.807, 2.05) is 84.9 Å². The predicted molar refractivity (Wildman–Crippen MR) is 142 cm³/mol. The second-order valence-electron chi connectivity index (χ2n) is 9.37. The van der Waals surface area contributed by atoms with Crippen LogP contribution in [0, 0.1) is 0 Å². The number of anilines is 3. The standard InChI is InChI=1S/C31H28N2O3/c34-31-26-16-8-15-25(23-13-7-14-23)29(26)33-30-27(32-31)17-24(35-19-21-9-3-1-4-10-21)18-28(30)36-20-22-11-5-2-6-12-22/h1-6,8-12,15-18,23,33H,7,13-14,19-20H2,(H,32,34).